The van der Waals surface area contributed by atoms with Crippen molar-refractivity contribution in [1.29, 1.82) is 0 Å². The van der Waals surface area contributed by atoms with Crippen LogP contribution in [0, 0.1) is 18.4 Å². The van der Waals surface area contributed by atoms with Gasteiger partial charge in [-0.05, 0) is 116 Å². The molecule has 4 saturated carbocycles. The predicted octanol–water partition coefficient (Wildman–Crippen LogP) is 14.9. The van der Waals surface area contributed by atoms with Crippen molar-refractivity contribution >= 4 is 27.2 Å². The Balaban J connectivity index is 0.922. The molecule has 4 aliphatic carbocycles. The normalized spacial score (nSPS) is 21.3. The molecular formula is C58H44N4. The highest BCUT2D eigenvalue weighted by Gasteiger charge is 2.59. The molecule has 62 heavy (non-hydrogen) atoms. The van der Waals surface area contributed by atoms with Crippen LogP contribution in [0.1, 0.15) is 49.7 Å². The van der Waals surface area contributed by atoms with Gasteiger partial charge in [-0.1, -0.05) is 182 Å². The zero-order valence-electron chi connectivity index (χ0n) is 34.5. The van der Waals surface area contributed by atoms with Crippen LogP contribution in [-0.2, 0) is 10.8 Å². The third-order valence-electron chi connectivity index (χ3n) is 14.5. The Bertz CT molecular complexity index is 3150. The quantitative estimate of drug-likeness (QED) is 0.151. The molecule has 0 N–H and O–H groups in total. The van der Waals surface area contributed by atoms with Crippen LogP contribution < -0.4 is 0 Å². The third kappa shape index (κ3) is 5.98. The first-order valence-electron chi connectivity index (χ1n) is 22.1. The Morgan fingerprint density at radius 3 is 1.34 bits per heavy atom. The van der Waals surface area contributed by atoms with Gasteiger partial charge >= 0.3 is 0 Å². The molecule has 1 heterocycles. The number of hydrogen-bond acceptors (Lipinski definition) is 3. The number of rotatable bonds is 7. The highest BCUT2D eigenvalue weighted by atomic mass is 15.0. The fourth-order valence-electron chi connectivity index (χ4n) is 12.4. The zero-order chi connectivity index (χ0) is 41.3. The van der Waals surface area contributed by atoms with Gasteiger partial charge in [0.25, 0.3) is 0 Å². The van der Waals surface area contributed by atoms with E-state index in [-0.39, 0.29) is 10.8 Å². The maximum atomic E-state index is 7.91. The summed E-state index contributed by atoms with van der Waals surface area (Å²) >= 11 is 0. The van der Waals surface area contributed by atoms with Gasteiger partial charge in [-0.3, -0.25) is 0 Å². The molecule has 0 saturated heterocycles. The van der Waals surface area contributed by atoms with Crippen LogP contribution in [0.3, 0.4) is 0 Å². The predicted molar refractivity (Wildman–Crippen MR) is 253 cm³/mol. The first-order chi connectivity index (χ1) is 30.6. The van der Waals surface area contributed by atoms with E-state index in [4.69, 9.17) is 21.5 Å². The van der Waals surface area contributed by atoms with Crippen LogP contribution in [0.2, 0.25) is 0 Å². The van der Waals surface area contributed by atoms with Crippen LogP contribution in [0.15, 0.2) is 182 Å². The van der Waals surface area contributed by atoms with E-state index < -0.39 is 0 Å². The van der Waals surface area contributed by atoms with Crippen molar-refractivity contribution in [3.8, 4) is 56.4 Å². The second kappa shape index (κ2) is 14.5. The lowest BCUT2D eigenvalue weighted by Gasteiger charge is -2.63. The van der Waals surface area contributed by atoms with Gasteiger partial charge in [0.15, 0.2) is 23.2 Å². The average molecular weight is 797 g/mol. The molecule has 4 bridgehead atoms. The fourth-order valence-corrected chi connectivity index (χ4v) is 12.4. The Labute approximate surface area is 362 Å². The SMILES string of the molecule is [C-]#[N+]c1ccccc1-c1ccc(C23CC4CC(CC(c5ccc(-c6ccc(-c7nc(-c8ccccc8)nc(-c8ccccc8)n7)cc6)c6ccccc56)(C4)C2)C3)c2ccccc12. The van der Waals surface area contributed by atoms with E-state index in [0.717, 1.165) is 27.8 Å². The minimum absolute atomic E-state index is 0.118. The monoisotopic (exact) mass is 796 g/mol. The molecule has 4 nitrogen and oxygen atoms in total. The highest BCUT2D eigenvalue weighted by Crippen LogP contribution is 2.67. The molecule has 9 aromatic rings. The zero-order valence-corrected chi connectivity index (χ0v) is 34.5. The second-order valence-corrected chi connectivity index (χ2v) is 18.2. The van der Waals surface area contributed by atoms with Crippen LogP contribution >= 0.6 is 0 Å². The van der Waals surface area contributed by atoms with Gasteiger partial charge in [0.1, 0.15) is 0 Å². The molecule has 0 amide bonds. The molecule has 2 atom stereocenters. The largest absolute Gasteiger partial charge is 0.238 e. The number of nitrogens with zero attached hydrogens (tertiary/aromatic N) is 4. The summed E-state index contributed by atoms with van der Waals surface area (Å²) in [6, 6.07) is 65.0. The molecule has 4 heteroatoms. The van der Waals surface area contributed by atoms with Crippen molar-refractivity contribution in [3.63, 3.8) is 0 Å². The lowest BCUT2D eigenvalue weighted by molar-refractivity contribution is -0.0268. The molecule has 0 spiro atoms. The maximum absolute atomic E-state index is 7.91. The topological polar surface area (TPSA) is 43.0 Å². The van der Waals surface area contributed by atoms with Crippen LogP contribution in [0.4, 0.5) is 5.69 Å². The van der Waals surface area contributed by atoms with E-state index in [9.17, 15) is 0 Å². The van der Waals surface area contributed by atoms with Crippen molar-refractivity contribution in [2.75, 3.05) is 0 Å². The van der Waals surface area contributed by atoms with Gasteiger partial charge in [0.2, 0.25) is 0 Å². The summed E-state index contributed by atoms with van der Waals surface area (Å²) in [6.45, 7) is 7.91. The molecule has 0 aliphatic heterocycles. The van der Waals surface area contributed by atoms with Crippen LogP contribution in [0.5, 0.6) is 0 Å². The molecule has 296 valence electrons. The Morgan fingerprint density at radius 1 is 0.387 bits per heavy atom. The van der Waals surface area contributed by atoms with Crippen molar-refractivity contribution in [1.82, 2.24) is 15.0 Å². The van der Waals surface area contributed by atoms with Gasteiger partial charge in [-0.2, -0.15) is 0 Å². The number of benzene rings is 8. The van der Waals surface area contributed by atoms with Crippen molar-refractivity contribution < 1.29 is 0 Å². The van der Waals surface area contributed by atoms with E-state index >= 15 is 0 Å². The van der Waals surface area contributed by atoms with Gasteiger partial charge < -0.3 is 0 Å². The summed E-state index contributed by atoms with van der Waals surface area (Å²) in [4.78, 5) is 18.8. The Hall–Kier alpha value is -7.22. The Kier molecular flexibility index (Phi) is 8.54. The smallest absolute Gasteiger partial charge is 0.194 e. The van der Waals surface area contributed by atoms with E-state index in [1.807, 2.05) is 72.8 Å². The highest BCUT2D eigenvalue weighted by molar-refractivity contribution is 6.02. The summed E-state index contributed by atoms with van der Waals surface area (Å²) in [5.74, 6) is 3.42. The molecule has 0 radical (unpaired) electrons. The van der Waals surface area contributed by atoms with Crippen LogP contribution in [0.25, 0.3) is 82.8 Å². The van der Waals surface area contributed by atoms with E-state index in [0.29, 0.717) is 35.0 Å². The molecular weight excluding hydrogens is 753 g/mol. The molecule has 2 unspecified atom stereocenters. The lowest BCUT2D eigenvalue weighted by atomic mass is 9.41. The van der Waals surface area contributed by atoms with Crippen molar-refractivity contribution in [2.24, 2.45) is 11.8 Å². The number of aromatic nitrogens is 3. The number of hydrogen-bond donors (Lipinski definition) is 0. The van der Waals surface area contributed by atoms with E-state index in [1.165, 1.54) is 82.3 Å². The summed E-state index contributed by atoms with van der Waals surface area (Å²) in [7, 11) is 0. The van der Waals surface area contributed by atoms with Crippen molar-refractivity contribution in [3.05, 3.63) is 205 Å². The van der Waals surface area contributed by atoms with Crippen molar-refractivity contribution in [2.45, 2.75) is 49.4 Å². The minimum atomic E-state index is 0.118. The third-order valence-corrected chi connectivity index (χ3v) is 14.5. The van der Waals surface area contributed by atoms with Gasteiger partial charge in [0, 0.05) is 16.7 Å². The maximum Gasteiger partial charge on any atom is 0.194 e. The summed E-state index contributed by atoms with van der Waals surface area (Å²) < 4.78 is 0. The van der Waals surface area contributed by atoms with E-state index in [1.54, 1.807) is 0 Å². The first-order valence-corrected chi connectivity index (χ1v) is 22.1. The van der Waals surface area contributed by atoms with Gasteiger partial charge in [-0.15, -0.1) is 0 Å². The first kappa shape index (κ1) is 36.6. The minimum Gasteiger partial charge on any atom is -0.238 e. The van der Waals surface area contributed by atoms with Gasteiger partial charge in [0.05, 0.1) is 6.57 Å². The molecule has 4 aliphatic rings. The summed E-state index contributed by atoms with van der Waals surface area (Å²) in [5.41, 5.74) is 11.5. The second-order valence-electron chi connectivity index (χ2n) is 18.2. The summed E-state index contributed by atoms with van der Waals surface area (Å²) in [6.07, 6.45) is 7.57. The Morgan fingerprint density at radius 2 is 0.806 bits per heavy atom. The lowest BCUT2D eigenvalue weighted by Crippen LogP contribution is -2.56. The standard InChI is InChI=1S/C58H44N4/c1-59-53-23-13-12-22-50(53)47-29-31-52(49-21-11-9-19-46(47)49)58-35-38-32-39(36-58)34-57(33-38,37-58)51-30-28-44(45-18-8-10-20-48(45)51)40-24-26-43(27-25-40)56-61-54(41-14-4-2-5-15-41)60-55(62-56)42-16-6-3-7-17-42/h2-31,38-39H,32-37H2. The fraction of sp³-hybridized carbons (Fsp3) is 0.172. The summed E-state index contributed by atoms with van der Waals surface area (Å²) in [5, 5.41) is 5.32. The number of fused-ring (bicyclic) bond motifs is 2. The van der Waals surface area contributed by atoms with Crippen LogP contribution in [-0.4, -0.2) is 15.0 Å². The molecule has 1 aromatic heterocycles. The number of para-hydroxylation sites is 1. The molecule has 8 aromatic carbocycles. The van der Waals surface area contributed by atoms with Gasteiger partial charge in [-0.25, -0.2) is 19.8 Å². The average Bonchev–Trinajstić information content (AvgIpc) is 3.33. The van der Waals surface area contributed by atoms with E-state index in [2.05, 4.69) is 114 Å². The molecule has 13 rings (SSSR count). The molecule has 4 fully saturated rings.